The number of amides is 3. The average Bonchev–Trinajstić information content (AvgIpc) is 3.42. The molecule has 9 nitrogen and oxygen atoms in total. The lowest BCUT2D eigenvalue weighted by Gasteiger charge is -2.35. The number of imide groups is 1. The summed E-state index contributed by atoms with van der Waals surface area (Å²) in [4.78, 5) is 52.1. The van der Waals surface area contributed by atoms with Gasteiger partial charge in [-0.05, 0) is 43.2 Å². The summed E-state index contributed by atoms with van der Waals surface area (Å²) in [6, 6.07) is 5.83. The number of carbonyl (C=O) groups is 3. The third kappa shape index (κ3) is 6.72. The lowest BCUT2D eigenvalue weighted by molar-refractivity contribution is -0.132. The Morgan fingerprint density at radius 3 is 2.50 bits per heavy atom. The SMILES string of the molecule is CCCc1sc([C@@H](Cc2c[nH]c3ccccc23)N(C(=O)[C@@H](N)CC(C)C)C(=O)N2CCCCCC2)nc1C(=O)O. The first-order valence-electron chi connectivity index (χ1n) is 14.4. The van der Waals surface area contributed by atoms with Gasteiger partial charge in [-0.25, -0.2) is 14.6 Å². The molecule has 4 rings (SSSR count). The molecule has 1 aromatic carbocycles. The average molecular weight is 568 g/mol. The van der Waals surface area contributed by atoms with Crippen LogP contribution in [0.4, 0.5) is 4.79 Å². The number of aromatic carboxylic acids is 1. The van der Waals surface area contributed by atoms with Gasteiger partial charge in [0.15, 0.2) is 5.69 Å². The molecule has 2 aromatic heterocycles. The van der Waals surface area contributed by atoms with E-state index in [1.807, 2.05) is 51.2 Å². The number of aryl methyl sites for hydroxylation is 1. The predicted octanol–water partition coefficient (Wildman–Crippen LogP) is 5.76. The fourth-order valence-corrected chi connectivity index (χ4v) is 6.71. The van der Waals surface area contributed by atoms with Gasteiger partial charge < -0.3 is 20.7 Å². The van der Waals surface area contributed by atoms with Crippen LogP contribution in [-0.4, -0.2) is 61.9 Å². The molecule has 10 heteroatoms. The van der Waals surface area contributed by atoms with Crippen molar-refractivity contribution in [1.82, 2.24) is 19.8 Å². The zero-order chi connectivity index (χ0) is 28.8. The smallest absolute Gasteiger partial charge is 0.355 e. The first kappa shape index (κ1) is 29.7. The normalized spacial score (nSPS) is 15.7. The number of urea groups is 1. The molecule has 40 heavy (non-hydrogen) atoms. The molecule has 3 amide bonds. The first-order valence-corrected chi connectivity index (χ1v) is 15.2. The molecule has 0 aliphatic carbocycles. The second-order valence-corrected chi connectivity index (χ2v) is 12.2. The number of H-pyrrole nitrogens is 1. The number of thiazole rings is 1. The van der Waals surface area contributed by atoms with Gasteiger partial charge in [-0.3, -0.25) is 9.69 Å². The van der Waals surface area contributed by atoms with E-state index in [9.17, 15) is 19.5 Å². The van der Waals surface area contributed by atoms with E-state index in [0.29, 0.717) is 42.2 Å². The van der Waals surface area contributed by atoms with Crippen LogP contribution >= 0.6 is 11.3 Å². The molecule has 4 N–H and O–H groups in total. The van der Waals surface area contributed by atoms with E-state index in [2.05, 4.69) is 9.97 Å². The van der Waals surface area contributed by atoms with E-state index < -0.39 is 24.0 Å². The van der Waals surface area contributed by atoms with Gasteiger partial charge in [0.05, 0.1) is 12.1 Å². The van der Waals surface area contributed by atoms with Gasteiger partial charge in [0, 0.05) is 41.5 Å². The van der Waals surface area contributed by atoms with Crippen LogP contribution in [0.15, 0.2) is 30.5 Å². The van der Waals surface area contributed by atoms with Crippen molar-refractivity contribution in [2.75, 3.05) is 13.1 Å². The van der Waals surface area contributed by atoms with Crippen molar-refractivity contribution in [3.05, 3.63) is 51.6 Å². The summed E-state index contributed by atoms with van der Waals surface area (Å²) in [5, 5.41) is 11.4. The molecule has 1 saturated heterocycles. The van der Waals surface area contributed by atoms with Gasteiger partial charge >= 0.3 is 12.0 Å². The highest BCUT2D eigenvalue weighted by Crippen LogP contribution is 2.35. The van der Waals surface area contributed by atoms with Crippen molar-refractivity contribution in [3.63, 3.8) is 0 Å². The van der Waals surface area contributed by atoms with Gasteiger partial charge in [0.2, 0.25) is 5.91 Å². The van der Waals surface area contributed by atoms with Crippen molar-refractivity contribution in [3.8, 4) is 0 Å². The quantitative estimate of drug-likeness (QED) is 0.285. The van der Waals surface area contributed by atoms with Gasteiger partial charge in [-0.15, -0.1) is 11.3 Å². The lowest BCUT2D eigenvalue weighted by atomic mass is 10.0. The molecular formula is C30H41N5O4S. The third-order valence-electron chi connectivity index (χ3n) is 7.44. The van der Waals surface area contributed by atoms with E-state index in [1.54, 1.807) is 4.90 Å². The number of carbonyl (C=O) groups excluding carboxylic acids is 2. The number of benzene rings is 1. The first-order chi connectivity index (χ1) is 19.2. The largest absolute Gasteiger partial charge is 0.476 e. The lowest BCUT2D eigenvalue weighted by Crippen LogP contribution is -2.54. The van der Waals surface area contributed by atoms with Crippen LogP contribution in [0.2, 0.25) is 0 Å². The summed E-state index contributed by atoms with van der Waals surface area (Å²) in [5.74, 6) is -1.39. The van der Waals surface area contributed by atoms with Crippen LogP contribution in [0.1, 0.15) is 91.3 Å². The summed E-state index contributed by atoms with van der Waals surface area (Å²) in [6.45, 7) is 7.11. The second-order valence-electron chi connectivity index (χ2n) is 11.1. The van der Waals surface area contributed by atoms with Gasteiger partial charge in [0.1, 0.15) is 5.01 Å². The Labute approximate surface area is 239 Å². The molecule has 0 spiro atoms. The van der Waals surface area contributed by atoms with Crippen LogP contribution in [-0.2, 0) is 17.6 Å². The molecule has 3 aromatic rings. The molecule has 0 bridgehead atoms. The number of aromatic amines is 1. The number of rotatable bonds is 10. The number of para-hydroxylation sites is 1. The monoisotopic (exact) mass is 567 g/mol. The van der Waals surface area contributed by atoms with E-state index in [0.717, 1.165) is 48.6 Å². The molecule has 1 fully saturated rings. The zero-order valence-corrected chi connectivity index (χ0v) is 24.5. The number of hydrogen-bond donors (Lipinski definition) is 3. The molecule has 0 saturated carbocycles. The number of nitrogens with zero attached hydrogens (tertiary/aromatic N) is 3. The highest BCUT2D eigenvalue weighted by Gasteiger charge is 2.39. The maximum Gasteiger partial charge on any atom is 0.355 e. The van der Waals surface area contributed by atoms with E-state index in [1.165, 1.54) is 16.2 Å². The summed E-state index contributed by atoms with van der Waals surface area (Å²) < 4.78 is 0. The van der Waals surface area contributed by atoms with E-state index in [4.69, 9.17) is 5.73 Å². The Hall–Kier alpha value is -3.24. The molecule has 216 valence electrons. The van der Waals surface area contributed by atoms with Crippen LogP contribution in [0.3, 0.4) is 0 Å². The maximum atomic E-state index is 14.3. The fourth-order valence-electron chi connectivity index (χ4n) is 5.46. The van der Waals surface area contributed by atoms with E-state index >= 15 is 0 Å². The Bertz CT molecular complexity index is 1320. The second kappa shape index (κ2) is 13.4. The Balaban J connectivity index is 1.85. The predicted molar refractivity (Wildman–Crippen MR) is 158 cm³/mol. The molecule has 1 aliphatic heterocycles. The van der Waals surface area contributed by atoms with Gasteiger partial charge in [0.25, 0.3) is 0 Å². The molecule has 0 radical (unpaired) electrons. The highest BCUT2D eigenvalue weighted by atomic mass is 32.1. The minimum absolute atomic E-state index is 0.00752. The molecular weight excluding hydrogens is 526 g/mol. The Morgan fingerprint density at radius 1 is 1.15 bits per heavy atom. The number of nitrogens with one attached hydrogen (secondary N) is 1. The van der Waals surface area contributed by atoms with Gasteiger partial charge in [-0.1, -0.05) is 58.2 Å². The highest BCUT2D eigenvalue weighted by molar-refractivity contribution is 7.12. The summed E-state index contributed by atoms with van der Waals surface area (Å²) in [5.41, 5.74) is 8.31. The number of aromatic nitrogens is 2. The Kier molecular flexibility index (Phi) is 9.97. The third-order valence-corrected chi connectivity index (χ3v) is 8.66. The number of hydrogen-bond acceptors (Lipinski definition) is 6. The van der Waals surface area contributed by atoms with Crippen LogP contribution in [0, 0.1) is 5.92 Å². The fraction of sp³-hybridized carbons (Fsp3) is 0.533. The molecule has 3 heterocycles. The number of carboxylic acid groups (broad SMARTS) is 1. The summed E-state index contributed by atoms with van der Waals surface area (Å²) in [6.07, 6.45) is 7.76. The maximum absolute atomic E-state index is 14.3. The molecule has 0 unspecified atom stereocenters. The summed E-state index contributed by atoms with van der Waals surface area (Å²) >= 11 is 1.28. The zero-order valence-electron chi connectivity index (χ0n) is 23.7. The van der Waals surface area contributed by atoms with Crippen molar-refractivity contribution in [1.29, 1.82) is 0 Å². The van der Waals surface area contributed by atoms with Crippen molar-refractivity contribution >= 4 is 40.1 Å². The van der Waals surface area contributed by atoms with Crippen molar-refractivity contribution < 1.29 is 19.5 Å². The minimum Gasteiger partial charge on any atom is -0.476 e. The number of fused-ring (bicyclic) bond motifs is 1. The van der Waals surface area contributed by atoms with Crippen LogP contribution in [0.25, 0.3) is 10.9 Å². The van der Waals surface area contributed by atoms with Gasteiger partial charge in [-0.2, -0.15) is 0 Å². The van der Waals surface area contributed by atoms with Crippen molar-refractivity contribution in [2.45, 2.75) is 84.2 Å². The Morgan fingerprint density at radius 2 is 1.85 bits per heavy atom. The van der Waals surface area contributed by atoms with Crippen molar-refractivity contribution in [2.24, 2.45) is 11.7 Å². The molecule has 1 aliphatic rings. The number of carboxylic acids is 1. The van der Waals surface area contributed by atoms with E-state index in [-0.39, 0.29) is 17.6 Å². The minimum atomic E-state index is -1.11. The number of likely N-dealkylation sites (tertiary alicyclic amines) is 1. The topological polar surface area (TPSA) is 133 Å². The molecule has 2 atom stereocenters. The van der Waals surface area contributed by atoms with Crippen LogP contribution in [0.5, 0.6) is 0 Å². The number of nitrogens with two attached hydrogens (primary N) is 1. The standard InChI is InChI=1S/C30H41N5O4S/c1-4-11-25-26(29(37)38)33-27(40-25)24(17-20-18-32-23-13-8-7-12-21(20)23)35(28(36)22(31)16-19(2)3)30(39)34-14-9-5-6-10-15-34/h7-8,12-13,18-19,22,24,32H,4-6,9-11,14-17,31H2,1-3H3,(H,37,38)/t22-,24+/m0/s1. The summed E-state index contributed by atoms with van der Waals surface area (Å²) in [7, 11) is 0. The van der Waals surface area contributed by atoms with Crippen LogP contribution < -0.4 is 5.73 Å².